The largest absolute Gasteiger partial charge is 0.497 e. The molecule has 7 rings (SSSR count). The predicted octanol–water partition coefficient (Wildman–Crippen LogP) is 9.45. The molecule has 60 heavy (non-hydrogen) atoms. The minimum Gasteiger partial charge on any atom is -0.497 e. The minimum atomic E-state index is -2.70. The fourth-order valence-electron chi connectivity index (χ4n) is 8.75. The van der Waals surface area contributed by atoms with E-state index >= 15 is 0 Å². The highest BCUT2D eigenvalue weighted by Crippen LogP contribution is 2.60. The van der Waals surface area contributed by atoms with Crippen molar-refractivity contribution in [2.24, 2.45) is 10.8 Å². The third kappa shape index (κ3) is 9.01. The van der Waals surface area contributed by atoms with Crippen LogP contribution in [-0.4, -0.2) is 72.9 Å². The van der Waals surface area contributed by atoms with Crippen LogP contribution in [0.1, 0.15) is 61.3 Å². The number of ether oxygens (including phenoxy) is 2. The Labute approximate surface area is 361 Å². The predicted molar refractivity (Wildman–Crippen MR) is 240 cm³/mol. The number of amides is 2. The van der Waals surface area contributed by atoms with E-state index in [0.717, 1.165) is 39.8 Å². The number of benzene rings is 4. The number of halogens is 2. The summed E-state index contributed by atoms with van der Waals surface area (Å²) in [7, 11) is 0.461. The molecule has 0 bridgehead atoms. The number of nitrogens with zero attached hydrogens (tertiary/aromatic N) is 3. The van der Waals surface area contributed by atoms with E-state index in [4.69, 9.17) is 30.4 Å². The molecule has 3 aliphatic rings. The van der Waals surface area contributed by atoms with E-state index in [-0.39, 0.29) is 35.0 Å². The molecule has 2 aliphatic heterocycles. The third-order valence-electron chi connectivity index (χ3n) is 11.3. The summed E-state index contributed by atoms with van der Waals surface area (Å²) in [5.74, 6) is 1.63. The topological polar surface area (TPSA) is 169 Å². The number of fused-ring (bicyclic) bond motifs is 4. The Balaban J connectivity index is 0.000000453. The van der Waals surface area contributed by atoms with Gasteiger partial charge in [-0.05, 0) is 59.9 Å². The Morgan fingerprint density at radius 2 is 1.53 bits per heavy atom. The molecule has 16 heteroatoms. The zero-order valence-corrected chi connectivity index (χ0v) is 36.7. The molecule has 4 aromatic carbocycles. The summed E-state index contributed by atoms with van der Waals surface area (Å²) in [6.07, 6.45) is 6.92. The van der Waals surface area contributed by atoms with E-state index in [2.05, 4.69) is 30.8 Å². The Bertz CT molecular complexity index is 2230. The summed E-state index contributed by atoms with van der Waals surface area (Å²) in [6, 6.07) is 17.7. The van der Waals surface area contributed by atoms with Crippen LogP contribution in [0.15, 0.2) is 73.8 Å². The van der Waals surface area contributed by atoms with Gasteiger partial charge in [-0.15, -0.1) is 23.2 Å². The standard InChI is InChI=1S/C35H38ClN2O6P.C7H7NO3.CH3Cl.CH2O/c1-6-22-23(7-2)31-21(17-36)18-38(28(31)16-30(22)44-45(41)42)32(39)34(4)19-35(8-3,20-34)33(40)37-14-13-25-24-11-9-10-12-26(24)29(43-5)15-27(25)37;1-11-7-4-2-6(3-5-7)8(9)10;2*1-2/h6-7,9-12,15-16,21,41-42H,1-2,8,13-14,17-20H2,3-5H3;2-5H,1H3;1H3;1H2/t21-,34?,35?;;;/m1.../s1. The highest BCUT2D eigenvalue weighted by atomic mass is 35.5. The average molecular weight is 883 g/mol. The normalized spacial score (nSPS) is 19.5. The van der Waals surface area contributed by atoms with Crippen LogP contribution in [0.2, 0.25) is 0 Å². The highest BCUT2D eigenvalue weighted by Gasteiger charge is 2.61. The van der Waals surface area contributed by atoms with Crippen molar-refractivity contribution in [1.82, 2.24) is 0 Å². The van der Waals surface area contributed by atoms with Gasteiger partial charge in [0.1, 0.15) is 24.0 Å². The van der Waals surface area contributed by atoms with Crippen LogP contribution < -0.4 is 23.8 Å². The molecule has 0 saturated heterocycles. The van der Waals surface area contributed by atoms with Crippen molar-refractivity contribution >= 4 is 90.4 Å². The number of anilines is 2. The highest BCUT2D eigenvalue weighted by molar-refractivity contribution is 7.39. The Kier molecular flexibility index (Phi) is 16.3. The molecular formula is C44H50Cl2N3O10P. The SMILES string of the molecule is C=Cc1c(OP(O)O)cc2c(c1C=C)[C@H](CCl)CN2C(=O)C1(C)CC(CC)(C(=O)N2CCc3c2cc(OC)c2ccccc32)C1.C=O.CCl.COc1ccc([N+](=O)[O-])cc1. The van der Waals surface area contributed by atoms with Crippen LogP contribution in [0.5, 0.6) is 17.2 Å². The van der Waals surface area contributed by atoms with Crippen LogP contribution in [0.25, 0.3) is 22.9 Å². The second-order valence-corrected chi connectivity index (χ2v) is 15.5. The van der Waals surface area contributed by atoms with Gasteiger partial charge >= 0.3 is 8.60 Å². The smallest absolute Gasteiger partial charge is 0.391 e. The molecule has 2 amide bonds. The number of hydrogen-bond donors (Lipinski definition) is 2. The summed E-state index contributed by atoms with van der Waals surface area (Å²) in [6.45, 7) is 14.7. The van der Waals surface area contributed by atoms with E-state index in [1.165, 1.54) is 25.6 Å². The minimum absolute atomic E-state index is 0.0475. The van der Waals surface area contributed by atoms with Crippen molar-refractivity contribution in [1.29, 1.82) is 0 Å². The van der Waals surface area contributed by atoms with Gasteiger partial charge in [0.05, 0.1) is 35.9 Å². The molecule has 0 spiro atoms. The maximum absolute atomic E-state index is 14.4. The fourth-order valence-corrected chi connectivity index (χ4v) is 9.33. The first-order valence-corrected chi connectivity index (χ1v) is 21.3. The monoisotopic (exact) mass is 881 g/mol. The number of non-ortho nitro benzene ring substituents is 1. The van der Waals surface area contributed by atoms with Gasteiger partial charge in [0.2, 0.25) is 11.8 Å². The van der Waals surface area contributed by atoms with Crippen molar-refractivity contribution in [3.8, 4) is 17.2 Å². The summed E-state index contributed by atoms with van der Waals surface area (Å²) in [4.78, 5) is 69.4. The van der Waals surface area contributed by atoms with Crippen molar-refractivity contribution in [3.05, 3.63) is 106 Å². The number of nitro benzene ring substituents is 1. The quantitative estimate of drug-likeness (QED) is 0.0641. The number of carbonyl (C=O) groups is 3. The first-order valence-electron chi connectivity index (χ1n) is 18.9. The number of hydrogen-bond acceptors (Lipinski definition) is 10. The molecule has 4 aromatic rings. The van der Waals surface area contributed by atoms with Gasteiger partial charge in [-0.1, -0.05) is 63.4 Å². The van der Waals surface area contributed by atoms with Crippen LogP contribution in [0.4, 0.5) is 17.1 Å². The molecular weight excluding hydrogens is 832 g/mol. The van der Waals surface area contributed by atoms with Crippen molar-refractivity contribution < 1.29 is 43.1 Å². The number of carbonyl (C=O) groups excluding carboxylic acids is 3. The maximum Gasteiger partial charge on any atom is 0.391 e. The Hall–Kier alpha value is -5.04. The number of rotatable bonds is 11. The van der Waals surface area contributed by atoms with Crippen LogP contribution in [0.3, 0.4) is 0 Å². The molecule has 0 radical (unpaired) electrons. The van der Waals surface area contributed by atoms with Crippen molar-refractivity contribution in [3.63, 3.8) is 0 Å². The average Bonchev–Trinajstić information content (AvgIpc) is 3.87. The van der Waals surface area contributed by atoms with Gasteiger partial charge < -0.3 is 38.4 Å². The fraction of sp³-hybridized carbons (Fsp3) is 0.341. The van der Waals surface area contributed by atoms with Crippen molar-refractivity contribution in [2.45, 2.75) is 45.4 Å². The molecule has 2 heterocycles. The summed E-state index contributed by atoms with van der Waals surface area (Å²) >= 11 is 11.1. The molecule has 1 aliphatic carbocycles. The molecule has 13 nitrogen and oxygen atoms in total. The lowest BCUT2D eigenvalue weighted by atomic mass is 9.51. The van der Waals surface area contributed by atoms with Crippen molar-refractivity contribution in [2.75, 3.05) is 49.4 Å². The summed E-state index contributed by atoms with van der Waals surface area (Å²) in [5.41, 5.74) is 3.37. The molecule has 1 fully saturated rings. The van der Waals surface area contributed by atoms with E-state index in [1.807, 2.05) is 49.8 Å². The molecule has 1 atom stereocenters. The van der Waals surface area contributed by atoms with Gasteiger partial charge in [0.25, 0.3) is 5.69 Å². The maximum atomic E-state index is 14.4. The summed E-state index contributed by atoms with van der Waals surface area (Å²) < 4.78 is 15.9. The van der Waals surface area contributed by atoms with Gasteiger partial charge in [-0.3, -0.25) is 19.7 Å². The first kappa shape index (κ1) is 47.6. The van der Waals surface area contributed by atoms with E-state index in [0.29, 0.717) is 54.9 Å². The van der Waals surface area contributed by atoms with Crippen LogP contribution in [0, 0.1) is 20.9 Å². The van der Waals surface area contributed by atoms with Crippen LogP contribution in [-0.2, 0) is 20.8 Å². The lowest BCUT2D eigenvalue weighted by Gasteiger charge is -2.54. The number of nitro groups is 1. The van der Waals surface area contributed by atoms with Gasteiger partial charge in [-0.2, -0.15) is 0 Å². The molecule has 1 saturated carbocycles. The van der Waals surface area contributed by atoms with E-state index < -0.39 is 24.4 Å². The van der Waals surface area contributed by atoms with Gasteiger partial charge in [0, 0.05) is 71.9 Å². The molecule has 2 N–H and O–H groups in total. The summed E-state index contributed by atoms with van der Waals surface area (Å²) in [5, 5.41) is 12.3. The van der Waals surface area contributed by atoms with E-state index in [1.54, 1.807) is 42.4 Å². The Morgan fingerprint density at radius 3 is 2.05 bits per heavy atom. The third-order valence-corrected chi connectivity index (χ3v) is 12.1. The number of alkyl halides is 2. The zero-order chi connectivity index (χ0) is 44.5. The lowest BCUT2D eigenvalue weighted by molar-refractivity contribution is -0.384. The zero-order valence-electron chi connectivity index (χ0n) is 34.3. The molecule has 320 valence electrons. The second-order valence-electron chi connectivity index (χ2n) is 14.5. The second kappa shape index (κ2) is 20.5. The van der Waals surface area contributed by atoms with E-state index in [9.17, 15) is 29.5 Å². The number of methoxy groups -OCH3 is 2. The lowest BCUT2D eigenvalue weighted by Crippen LogP contribution is -2.60. The molecule has 0 aromatic heterocycles. The van der Waals surface area contributed by atoms with Gasteiger partial charge in [-0.25, -0.2) is 0 Å². The first-order chi connectivity index (χ1) is 28.8. The van der Waals surface area contributed by atoms with Gasteiger partial charge in [0.15, 0.2) is 0 Å². The van der Waals surface area contributed by atoms with Crippen LogP contribution >= 0.6 is 31.8 Å². The Morgan fingerprint density at radius 1 is 0.933 bits per heavy atom. The molecule has 0 unspecified atom stereocenters.